The fourth-order valence-electron chi connectivity index (χ4n) is 3.23. The molecule has 3 heterocycles. The standard InChI is InChI=1S/C19H22N4O4/c1-13-20-7-6-18(22-13)27-15-3-2-8-23(11-15)19(24)21-10-14-4-5-16-17(9-14)26-12-25-16/h4-7,9,15H,2-3,8,10-12H2,1H3,(H,21,24). The number of piperidine rings is 1. The summed E-state index contributed by atoms with van der Waals surface area (Å²) in [5.74, 6) is 2.67. The van der Waals surface area contributed by atoms with Crippen LogP contribution in [0.25, 0.3) is 0 Å². The molecule has 1 saturated heterocycles. The molecule has 1 unspecified atom stereocenters. The number of aromatic nitrogens is 2. The number of hydrogen-bond donors (Lipinski definition) is 1. The van der Waals surface area contributed by atoms with Gasteiger partial charge in [0.25, 0.3) is 0 Å². The van der Waals surface area contributed by atoms with Crippen LogP contribution in [0.3, 0.4) is 0 Å². The Kier molecular flexibility index (Phi) is 4.95. The Morgan fingerprint density at radius 3 is 3.11 bits per heavy atom. The lowest BCUT2D eigenvalue weighted by Crippen LogP contribution is -2.48. The maximum Gasteiger partial charge on any atom is 0.317 e. The molecule has 1 aromatic heterocycles. The molecule has 8 nitrogen and oxygen atoms in total. The SMILES string of the molecule is Cc1nccc(OC2CCCN(C(=O)NCc3ccc4c(c3)OCO4)C2)n1. The molecule has 142 valence electrons. The average molecular weight is 370 g/mol. The van der Waals surface area contributed by atoms with Gasteiger partial charge in [-0.2, -0.15) is 4.98 Å². The molecule has 2 aliphatic heterocycles. The lowest BCUT2D eigenvalue weighted by Gasteiger charge is -2.32. The fraction of sp³-hybridized carbons (Fsp3) is 0.421. The summed E-state index contributed by atoms with van der Waals surface area (Å²) in [5, 5.41) is 2.96. The molecule has 0 radical (unpaired) electrons. The van der Waals surface area contributed by atoms with Gasteiger partial charge in [0, 0.05) is 25.4 Å². The fourth-order valence-corrected chi connectivity index (χ4v) is 3.23. The van der Waals surface area contributed by atoms with Crippen molar-refractivity contribution in [3.8, 4) is 17.4 Å². The van der Waals surface area contributed by atoms with E-state index >= 15 is 0 Å². The van der Waals surface area contributed by atoms with Crippen LogP contribution in [0.1, 0.15) is 24.2 Å². The molecule has 27 heavy (non-hydrogen) atoms. The van der Waals surface area contributed by atoms with Gasteiger partial charge in [0.1, 0.15) is 11.9 Å². The van der Waals surface area contributed by atoms with E-state index in [9.17, 15) is 4.79 Å². The van der Waals surface area contributed by atoms with Crippen LogP contribution in [0.4, 0.5) is 4.79 Å². The maximum atomic E-state index is 12.5. The first kappa shape index (κ1) is 17.4. The number of rotatable bonds is 4. The summed E-state index contributed by atoms with van der Waals surface area (Å²) in [6.07, 6.45) is 3.40. The van der Waals surface area contributed by atoms with Gasteiger partial charge in [0.15, 0.2) is 11.5 Å². The minimum absolute atomic E-state index is 0.0654. The van der Waals surface area contributed by atoms with Crippen LogP contribution in [0.5, 0.6) is 17.4 Å². The van der Waals surface area contributed by atoms with Crippen molar-refractivity contribution < 1.29 is 19.0 Å². The topological polar surface area (TPSA) is 85.8 Å². The third-order valence-electron chi connectivity index (χ3n) is 4.58. The number of carbonyl (C=O) groups is 1. The summed E-state index contributed by atoms with van der Waals surface area (Å²) in [4.78, 5) is 22.7. The largest absolute Gasteiger partial charge is 0.472 e. The monoisotopic (exact) mass is 370 g/mol. The van der Waals surface area contributed by atoms with E-state index in [-0.39, 0.29) is 18.9 Å². The molecule has 2 aromatic rings. The minimum atomic E-state index is -0.0974. The first-order valence-corrected chi connectivity index (χ1v) is 9.05. The zero-order valence-electron chi connectivity index (χ0n) is 15.2. The van der Waals surface area contributed by atoms with Crippen LogP contribution in [0.2, 0.25) is 0 Å². The van der Waals surface area contributed by atoms with Gasteiger partial charge in [-0.1, -0.05) is 6.07 Å². The Morgan fingerprint density at radius 1 is 1.33 bits per heavy atom. The van der Waals surface area contributed by atoms with E-state index in [1.807, 2.05) is 25.1 Å². The number of ether oxygens (including phenoxy) is 3. The molecule has 0 saturated carbocycles. The van der Waals surface area contributed by atoms with Crippen LogP contribution >= 0.6 is 0 Å². The highest BCUT2D eigenvalue weighted by atomic mass is 16.7. The van der Waals surface area contributed by atoms with Gasteiger partial charge in [-0.15, -0.1) is 0 Å². The lowest BCUT2D eigenvalue weighted by atomic mass is 10.1. The number of hydrogen-bond acceptors (Lipinski definition) is 6. The number of urea groups is 1. The second-order valence-electron chi connectivity index (χ2n) is 6.62. The van der Waals surface area contributed by atoms with Gasteiger partial charge in [-0.25, -0.2) is 9.78 Å². The molecule has 2 amide bonds. The number of likely N-dealkylation sites (tertiary alicyclic amines) is 1. The van der Waals surface area contributed by atoms with Crippen LogP contribution in [0, 0.1) is 6.92 Å². The van der Waals surface area contributed by atoms with E-state index in [0.717, 1.165) is 30.7 Å². The van der Waals surface area contributed by atoms with Crippen LogP contribution < -0.4 is 19.5 Å². The van der Waals surface area contributed by atoms with Gasteiger partial charge in [-0.3, -0.25) is 0 Å². The van der Waals surface area contributed by atoms with Gasteiger partial charge >= 0.3 is 6.03 Å². The first-order valence-electron chi connectivity index (χ1n) is 9.05. The number of amides is 2. The number of nitrogens with zero attached hydrogens (tertiary/aromatic N) is 3. The number of carbonyl (C=O) groups excluding carboxylic acids is 1. The normalized spacial score (nSPS) is 18.3. The van der Waals surface area contributed by atoms with Gasteiger partial charge < -0.3 is 24.4 Å². The van der Waals surface area contributed by atoms with Crippen molar-refractivity contribution in [2.45, 2.75) is 32.4 Å². The van der Waals surface area contributed by atoms with E-state index in [0.29, 0.717) is 30.5 Å². The van der Waals surface area contributed by atoms with Gasteiger partial charge in [0.05, 0.1) is 6.54 Å². The molecule has 2 aliphatic rings. The Bertz CT molecular complexity index is 829. The van der Waals surface area contributed by atoms with E-state index in [1.54, 1.807) is 17.2 Å². The molecule has 1 fully saturated rings. The molecular formula is C19H22N4O4. The van der Waals surface area contributed by atoms with Crippen molar-refractivity contribution in [2.75, 3.05) is 19.9 Å². The summed E-state index contributed by atoms with van der Waals surface area (Å²) < 4.78 is 16.6. The second-order valence-corrected chi connectivity index (χ2v) is 6.62. The van der Waals surface area contributed by atoms with Crippen LogP contribution in [-0.4, -0.2) is 46.9 Å². The molecule has 8 heteroatoms. The first-order chi connectivity index (χ1) is 13.2. The molecule has 4 rings (SSSR count). The summed E-state index contributed by atoms with van der Waals surface area (Å²) in [7, 11) is 0. The van der Waals surface area contributed by atoms with Crippen molar-refractivity contribution in [1.82, 2.24) is 20.2 Å². The number of benzene rings is 1. The summed E-state index contributed by atoms with van der Waals surface area (Å²) in [5.41, 5.74) is 0.967. The zero-order chi connectivity index (χ0) is 18.6. The molecule has 1 aromatic carbocycles. The highest BCUT2D eigenvalue weighted by molar-refractivity contribution is 5.74. The lowest BCUT2D eigenvalue weighted by molar-refractivity contribution is 0.0974. The van der Waals surface area contributed by atoms with Crippen LogP contribution in [-0.2, 0) is 6.54 Å². The Hall–Kier alpha value is -3.03. The zero-order valence-corrected chi connectivity index (χ0v) is 15.2. The quantitative estimate of drug-likeness (QED) is 0.889. The van der Waals surface area contributed by atoms with E-state index in [4.69, 9.17) is 14.2 Å². The molecular weight excluding hydrogens is 348 g/mol. The third kappa shape index (κ3) is 4.21. The van der Waals surface area contributed by atoms with Crippen molar-refractivity contribution in [3.63, 3.8) is 0 Å². The predicted octanol–water partition coefficient (Wildman–Crippen LogP) is 2.27. The highest BCUT2D eigenvalue weighted by Gasteiger charge is 2.25. The molecule has 0 aliphatic carbocycles. The Balaban J connectivity index is 1.30. The Morgan fingerprint density at radius 2 is 2.22 bits per heavy atom. The second kappa shape index (κ2) is 7.69. The summed E-state index contributed by atoms with van der Waals surface area (Å²) in [6, 6.07) is 7.32. The molecule has 0 spiro atoms. The molecule has 0 bridgehead atoms. The number of aryl methyl sites for hydroxylation is 1. The van der Waals surface area contributed by atoms with E-state index in [1.165, 1.54) is 0 Å². The predicted molar refractivity (Wildman–Crippen MR) is 96.8 cm³/mol. The average Bonchev–Trinajstić information content (AvgIpc) is 3.14. The van der Waals surface area contributed by atoms with Gasteiger partial charge in [-0.05, 0) is 37.5 Å². The maximum absolute atomic E-state index is 12.5. The smallest absolute Gasteiger partial charge is 0.317 e. The summed E-state index contributed by atoms with van der Waals surface area (Å²) in [6.45, 7) is 3.75. The highest BCUT2D eigenvalue weighted by Crippen LogP contribution is 2.32. The van der Waals surface area contributed by atoms with E-state index in [2.05, 4.69) is 15.3 Å². The molecule has 1 N–H and O–H groups in total. The van der Waals surface area contributed by atoms with Crippen molar-refractivity contribution in [3.05, 3.63) is 41.9 Å². The Labute approximate surface area is 157 Å². The van der Waals surface area contributed by atoms with Crippen molar-refractivity contribution in [1.29, 1.82) is 0 Å². The third-order valence-corrected chi connectivity index (χ3v) is 4.58. The minimum Gasteiger partial charge on any atom is -0.472 e. The number of nitrogens with one attached hydrogen (secondary N) is 1. The van der Waals surface area contributed by atoms with Gasteiger partial charge in [0.2, 0.25) is 12.7 Å². The van der Waals surface area contributed by atoms with Crippen LogP contribution in [0.15, 0.2) is 30.5 Å². The summed E-state index contributed by atoms with van der Waals surface area (Å²) >= 11 is 0. The van der Waals surface area contributed by atoms with Crippen molar-refractivity contribution >= 4 is 6.03 Å². The molecule has 1 atom stereocenters. The number of fused-ring (bicyclic) bond motifs is 1. The van der Waals surface area contributed by atoms with Crippen molar-refractivity contribution in [2.24, 2.45) is 0 Å². The van der Waals surface area contributed by atoms with E-state index < -0.39 is 0 Å².